The number of nitrogens with zero attached hydrogens (tertiary/aromatic N) is 1. The van der Waals surface area contributed by atoms with Crippen LogP contribution in [0.1, 0.15) is 24.0 Å². The molecule has 0 amide bonds. The molecule has 0 atom stereocenters. The first kappa shape index (κ1) is 23.2. The van der Waals surface area contributed by atoms with E-state index in [1.807, 2.05) is 6.07 Å². The molecular formula is C19H22BrClF2N2O2S. The third kappa shape index (κ3) is 5.73. The lowest BCUT2D eigenvalue weighted by atomic mass is 10.00. The molecule has 154 valence electrons. The average molecular weight is 496 g/mol. The second-order valence-electron chi connectivity index (χ2n) is 6.60. The molecule has 1 heterocycles. The van der Waals surface area contributed by atoms with Gasteiger partial charge in [-0.15, -0.1) is 12.4 Å². The number of fused-ring (bicyclic) bond motifs is 1. The number of benzene rings is 2. The van der Waals surface area contributed by atoms with E-state index in [0.717, 1.165) is 38.5 Å². The summed E-state index contributed by atoms with van der Waals surface area (Å²) in [5.74, 6) is -1.80. The molecule has 2 aromatic carbocycles. The van der Waals surface area contributed by atoms with Crippen molar-refractivity contribution in [1.29, 1.82) is 0 Å². The Kier molecular flexibility index (Phi) is 8.39. The van der Waals surface area contributed by atoms with Gasteiger partial charge in [0.2, 0.25) is 10.0 Å². The van der Waals surface area contributed by atoms with Crippen molar-refractivity contribution >= 4 is 38.4 Å². The Balaban J connectivity index is 0.00000280. The van der Waals surface area contributed by atoms with Crippen molar-refractivity contribution in [3.05, 3.63) is 63.6 Å². The molecule has 4 nitrogen and oxygen atoms in total. The van der Waals surface area contributed by atoms with Crippen LogP contribution in [0, 0.1) is 11.6 Å². The monoisotopic (exact) mass is 494 g/mol. The fourth-order valence-corrected chi connectivity index (χ4v) is 4.66. The lowest BCUT2D eigenvalue weighted by Crippen LogP contribution is -2.32. The largest absolute Gasteiger partial charge is 0.299 e. The maximum atomic E-state index is 13.8. The van der Waals surface area contributed by atoms with Crippen molar-refractivity contribution in [3.63, 3.8) is 0 Å². The molecule has 0 fully saturated rings. The smallest absolute Gasteiger partial charge is 0.243 e. The first-order valence-corrected chi connectivity index (χ1v) is 11.1. The van der Waals surface area contributed by atoms with Gasteiger partial charge in [0.25, 0.3) is 0 Å². The summed E-state index contributed by atoms with van der Waals surface area (Å²) >= 11 is 2.83. The summed E-state index contributed by atoms with van der Waals surface area (Å²) in [6.07, 6.45) is 2.47. The van der Waals surface area contributed by atoms with Crippen LogP contribution in [-0.4, -0.2) is 33.0 Å². The van der Waals surface area contributed by atoms with Crippen molar-refractivity contribution in [1.82, 2.24) is 9.62 Å². The summed E-state index contributed by atoms with van der Waals surface area (Å²) < 4.78 is 54.0. The highest BCUT2D eigenvalue weighted by molar-refractivity contribution is 9.10. The van der Waals surface area contributed by atoms with Gasteiger partial charge in [-0.25, -0.2) is 21.9 Å². The number of sulfonamides is 1. The van der Waals surface area contributed by atoms with Crippen LogP contribution in [0.4, 0.5) is 8.78 Å². The minimum absolute atomic E-state index is 0. The molecule has 0 aliphatic carbocycles. The van der Waals surface area contributed by atoms with Gasteiger partial charge >= 0.3 is 0 Å². The summed E-state index contributed by atoms with van der Waals surface area (Å²) in [6.45, 7) is 2.96. The molecule has 0 radical (unpaired) electrons. The number of halogens is 4. The summed E-state index contributed by atoms with van der Waals surface area (Å²) in [4.78, 5) is 1.68. The van der Waals surface area contributed by atoms with Gasteiger partial charge in [0.15, 0.2) is 0 Å². The highest BCUT2D eigenvalue weighted by atomic mass is 79.9. The van der Waals surface area contributed by atoms with Crippen molar-refractivity contribution in [2.75, 3.05) is 19.6 Å². The molecule has 1 aliphatic rings. The quantitative estimate of drug-likeness (QED) is 0.461. The minimum Gasteiger partial charge on any atom is -0.299 e. The van der Waals surface area contributed by atoms with Crippen LogP contribution in [0.15, 0.2) is 45.8 Å². The molecule has 9 heteroatoms. The number of nitrogens with one attached hydrogen (secondary N) is 1. The topological polar surface area (TPSA) is 49.4 Å². The summed E-state index contributed by atoms with van der Waals surface area (Å²) in [5.41, 5.74) is 2.74. The van der Waals surface area contributed by atoms with Crippen molar-refractivity contribution in [2.45, 2.75) is 30.7 Å². The standard InChI is InChI=1S/C19H21BrF2N2O2S.ClH/c20-16-11-18(22)19(12-17(16)21)27(25,26)23-8-3-4-9-24-10-7-14-5-1-2-6-15(14)13-24;/h1-2,5-6,11-12,23H,3-4,7-10,13H2;1H. The van der Waals surface area contributed by atoms with Gasteiger partial charge in [0.1, 0.15) is 16.5 Å². The fourth-order valence-electron chi connectivity index (χ4n) is 3.20. The van der Waals surface area contributed by atoms with Gasteiger partial charge in [-0.3, -0.25) is 4.90 Å². The second-order valence-corrected chi connectivity index (χ2v) is 9.19. The molecule has 0 aromatic heterocycles. The van der Waals surface area contributed by atoms with Gasteiger partial charge in [0.05, 0.1) is 4.47 Å². The van der Waals surface area contributed by atoms with Gasteiger partial charge in [-0.05, 0) is 65.0 Å². The number of unbranched alkanes of at least 4 members (excludes halogenated alkanes) is 1. The Bertz CT molecular complexity index is 928. The van der Waals surface area contributed by atoms with E-state index in [2.05, 4.69) is 43.8 Å². The highest BCUT2D eigenvalue weighted by Crippen LogP contribution is 2.23. The Morgan fingerprint density at radius 2 is 1.79 bits per heavy atom. The van der Waals surface area contributed by atoms with Gasteiger partial charge in [-0.1, -0.05) is 24.3 Å². The SMILES string of the molecule is Cl.O=S(=O)(NCCCCN1CCc2ccccc2C1)c1cc(F)c(Br)cc1F. The van der Waals surface area contributed by atoms with Crippen LogP contribution in [0.5, 0.6) is 0 Å². The number of rotatable bonds is 7. The summed E-state index contributed by atoms with van der Waals surface area (Å²) in [7, 11) is -4.07. The third-order valence-corrected chi connectivity index (χ3v) is 6.75. The summed E-state index contributed by atoms with van der Waals surface area (Å²) in [5, 5.41) is 0. The maximum absolute atomic E-state index is 13.8. The van der Waals surface area contributed by atoms with Crippen LogP contribution in [0.2, 0.25) is 0 Å². The zero-order valence-electron chi connectivity index (χ0n) is 15.1. The molecule has 0 bridgehead atoms. The Morgan fingerprint density at radius 1 is 1.07 bits per heavy atom. The Morgan fingerprint density at radius 3 is 2.54 bits per heavy atom. The Labute approximate surface area is 178 Å². The lowest BCUT2D eigenvalue weighted by Gasteiger charge is -2.28. The molecule has 1 N–H and O–H groups in total. The molecule has 3 rings (SSSR count). The van der Waals surface area contributed by atoms with E-state index < -0.39 is 26.6 Å². The van der Waals surface area contributed by atoms with E-state index in [4.69, 9.17) is 0 Å². The Hall–Kier alpha value is -1.06. The van der Waals surface area contributed by atoms with Crippen LogP contribution >= 0.6 is 28.3 Å². The second kappa shape index (κ2) is 10.1. The van der Waals surface area contributed by atoms with Crippen LogP contribution in [0.3, 0.4) is 0 Å². The van der Waals surface area contributed by atoms with Gasteiger partial charge in [0, 0.05) is 19.6 Å². The third-order valence-electron chi connectivity index (χ3n) is 4.67. The zero-order valence-corrected chi connectivity index (χ0v) is 18.3. The van der Waals surface area contributed by atoms with Crippen molar-refractivity contribution in [2.24, 2.45) is 0 Å². The molecular weight excluding hydrogens is 474 g/mol. The van der Waals surface area contributed by atoms with Crippen LogP contribution in [-0.2, 0) is 23.0 Å². The molecule has 2 aromatic rings. The van der Waals surface area contributed by atoms with Crippen molar-refractivity contribution in [3.8, 4) is 0 Å². The molecule has 28 heavy (non-hydrogen) atoms. The normalized spacial score (nSPS) is 14.4. The molecule has 0 spiro atoms. The maximum Gasteiger partial charge on any atom is 0.243 e. The molecule has 0 unspecified atom stereocenters. The lowest BCUT2D eigenvalue weighted by molar-refractivity contribution is 0.249. The van der Waals surface area contributed by atoms with E-state index in [-0.39, 0.29) is 23.4 Å². The predicted molar refractivity (Wildman–Crippen MR) is 111 cm³/mol. The van der Waals surface area contributed by atoms with E-state index in [0.29, 0.717) is 12.5 Å². The minimum atomic E-state index is -4.07. The number of hydrogen-bond acceptors (Lipinski definition) is 3. The highest BCUT2D eigenvalue weighted by Gasteiger charge is 2.21. The fraction of sp³-hybridized carbons (Fsp3) is 0.368. The van der Waals surface area contributed by atoms with Crippen LogP contribution in [0.25, 0.3) is 0 Å². The van der Waals surface area contributed by atoms with E-state index in [1.54, 1.807) is 0 Å². The number of hydrogen-bond donors (Lipinski definition) is 1. The summed E-state index contributed by atoms with van der Waals surface area (Å²) in [6, 6.07) is 9.90. The van der Waals surface area contributed by atoms with E-state index >= 15 is 0 Å². The average Bonchev–Trinajstić information content (AvgIpc) is 2.64. The zero-order chi connectivity index (χ0) is 19.4. The molecule has 0 saturated heterocycles. The van der Waals surface area contributed by atoms with Gasteiger partial charge in [-0.2, -0.15) is 0 Å². The molecule has 0 saturated carbocycles. The van der Waals surface area contributed by atoms with E-state index in [9.17, 15) is 17.2 Å². The van der Waals surface area contributed by atoms with E-state index in [1.165, 1.54) is 11.1 Å². The van der Waals surface area contributed by atoms with Crippen molar-refractivity contribution < 1.29 is 17.2 Å². The van der Waals surface area contributed by atoms with Gasteiger partial charge < -0.3 is 0 Å². The first-order chi connectivity index (χ1) is 12.9. The van der Waals surface area contributed by atoms with Crippen LogP contribution < -0.4 is 4.72 Å². The predicted octanol–water partition coefficient (Wildman–Crippen LogP) is 4.27. The first-order valence-electron chi connectivity index (χ1n) is 8.80. The molecule has 1 aliphatic heterocycles.